The molecule has 1 aromatic rings. The Morgan fingerprint density at radius 2 is 1.82 bits per heavy atom. The molecule has 1 heterocycles. The van der Waals surface area contributed by atoms with Gasteiger partial charge in [0.05, 0.1) is 11.8 Å². The molecular weight excluding hydrogens is 276 g/mol. The molecule has 0 radical (unpaired) electrons. The number of benzene rings is 1. The van der Waals surface area contributed by atoms with E-state index in [1.807, 2.05) is 29.2 Å². The van der Waals surface area contributed by atoms with E-state index in [1.54, 1.807) is 0 Å². The van der Waals surface area contributed by atoms with Crippen molar-refractivity contribution >= 4 is 17.5 Å². The molecule has 1 aromatic carbocycles. The molecule has 1 aliphatic heterocycles. The Hall–Kier alpha value is -1.84. The molecule has 0 aromatic heterocycles. The van der Waals surface area contributed by atoms with Crippen molar-refractivity contribution in [3.8, 4) is 0 Å². The van der Waals surface area contributed by atoms with E-state index in [-0.39, 0.29) is 23.7 Å². The average molecular weight is 300 g/mol. The Morgan fingerprint density at radius 3 is 2.50 bits per heavy atom. The fourth-order valence-corrected chi connectivity index (χ4v) is 3.27. The second-order valence-corrected chi connectivity index (χ2v) is 6.71. The average Bonchev–Trinajstić information content (AvgIpc) is 3.12. The molecule has 2 fully saturated rings. The third-order valence-corrected chi connectivity index (χ3v) is 4.70. The monoisotopic (exact) mass is 300 g/mol. The number of amides is 2. The zero-order valence-corrected chi connectivity index (χ0v) is 13.3. The first-order valence-electron chi connectivity index (χ1n) is 8.26. The van der Waals surface area contributed by atoms with E-state index in [2.05, 4.69) is 19.2 Å². The van der Waals surface area contributed by atoms with Crippen LogP contribution in [0.1, 0.15) is 44.6 Å². The Kier molecular flexibility index (Phi) is 4.19. The van der Waals surface area contributed by atoms with Crippen LogP contribution in [0.4, 0.5) is 5.69 Å². The standard InChI is InChI=1S/C18H24N2O2/c1-12(2)13-7-3-4-8-16(13)19-17(21)14-11-15(14)18(22)20-9-5-6-10-20/h3-4,7-8,12,14-15H,5-6,9-11H2,1-2H3,(H,19,21). The van der Waals surface area contributed by atoms with Gasteiger partial charge in [0.1, 0.15) is 0 Å². The van der Waals surface area contributed by atoms with Gasteiger partial charge in [-0.1, -0.05) is 32.0 Å². The summed E-state index contributed by atoms with van der Waals surface area (Å²) >= 11 is 0. The van der Waals surface area contributed by atoms with Crippen molar-refractivity contribution in [2.75, 3.05) is 18.4 Å². The molecule has 22 heavy (non-hydrogen) atoms. The zero-order chi connectivity index (χ0) is 15.7. The van der Waals surface area contributed by atoms with Gasteiger partial charge in [0.2, 0.25) is 11.8 Å². The van der Waals surface area contributed by atoms with E-state index >= 15 is 0 Å². The SMILES string of the molecule is CC(C)c1ccccc1NC(=O)C1CC1C(=O)N1CCCC1. The quantitative estimate of drug-likeness (QED) is 0.929. The summed E-state index contributed by atoms with van der Waals surface area (Å²) in [5, 5.41) is 3.02. The number of anilines is 1. The first-order valence-corrected chi connectivity index (χ1v) is 8.26. The molecule has 0 bridgehead atoms. The first-order chi connectivity index (χ1) is 10.6. The van der Waals surface area contributed by atoms with Gasteiger partial charge < -0.3 is 10.2 Å². The van der Waals surface area contributed by atoms with E-state index in [0.29, 0.717) is 12.3 Å². The van der Waals surface area contributed by atoms with E-state index in [4.69, 9.17) is 0 Å². The molecule has 2 aliphatic rings. The maximum absolute atomic E-state index is 12.4. The largest absolute Gasteiger partial charge is 0.342 e. The third kappa shape index (κ3) is 3.01. The van der Waals surface area contributed by atoms with Gasteiger partial charge in [-0.25, -0.2) is 0 Å². The van der Waals surface area contributed by atoms with Crippen LogP contribution in [0.2, 0.25) is 0 Å². The number of hydrogen-bond acceptors (Lipinski definition) is 2. The molecule has 0 spiro atoms. The van der Waals surface area contributed by atoms with Crippen LogP contribution in [0.15, 0.2) is 24.3 Å². The summed E-state index contributed by atoms with van der Waals surface area (Å²) in [6, 6.07) is 7.90. The summed E-state index contributed by atoms with van der Waals surface area (Å²) < 4.78 is 0. The minimum absolute atomic E-state index is 0.00866. The highest BCUT2D eigenvalue weighted by molar-refractivity contribution is 6.00. The van der Waals surface area contributed by atoms with Crippen LogP contribution >= 0.6 is 0 Å². The number of hydrogen-bond donors (Lipinski definition) is 1. The van der Waals surface area contributed by atoms with E-state index in [0.717, 1.165) is 37.2 Å². The van der Waals surface area contributed by atoms with Crippen LogP contribution in [0.3, 0.4) is 0 Å². The van der Waals surface area contributed by atoms with E-state index in [9.17, 15) is 9.59 Å². The van der Waals surface area contributed by atoms with Gasteiger partial charge in [0, 0.05) is 18.8 Å². The van der Waals surface area contributed by atoms with Crippen LogP contribution in [0.5, 0.6) is 0 Å². The van der Waals surface area contributed by atoms with Crippen molar-refractivity contribution in [3.05, 3.63) is 29.8 Å². The molecule has 118 valence electrons. The fraction of sp³-hybridized carbons (Fsp3) is 0.556. The summed E-state index contributed by atoms with van der Waals surface area (Å²) in [5.41, 5.74) is 2.01. The lowest BCUT2D eigenvalue weighted by molar-refractivity contribution is -0.133. The number of nitrogens with zero attached hydrogens (tertiary/aromatic N) is 1. The van der Waals surface area contributed by atoms with Gasteiger partial charge in [-0.2, -0.15) is 0 Å². The number of nitrogens with one attached hydrogen (secondary N) is 1. The Bertz CT molecular complexity index is 576. The molecule has 2 atom stereocenters. The summed E-state index contributed by atoms with van der Waals surface area (Å²) in [6.07, 6.45) is 2.89. The maximum atomic E-state index is 12.4. The van der Waals surface area contributed by atoms with Gasteiger partial charge in [-0.3, -0.25) is 9.59 Å². The van der Waals surface area contributed by atoms with E-state index in [1.165, 1.54) is 0 Å². The van der Waals surface area contributed by atoms with Crippen molar-refractivity contribution in [1.82, 2.24) is 4.90 Å². The molecule has 1 aliphatic carbocycles. The molecule has 4 heteroatoms. The van der Waals surface area contributed by atoms with Gasteiger partial charge in [0.15, 0.2) is 0 Å². The predicted octanol–water partition coefficient (Wildman–Crippen LogP) is 3.01. The predicted molar refractivity (Wildman–Crippen MR) is 86.6 cm³/mol. The molecule has 1 saturated carbocycles. The normalized spacial score (nSPS) is 23.7. The number of likely N-dealkylation sites (tertiary alicyclic amines) is 1. The highest BCUT2D eigenvalue weighted by Gasteiger charge is 2.49. The van der Waals surface area contributed by atoms with Gasteiger partial charge in [0.25, 0.3) is 0 Å². The van der Waals surface area contributed by atoms with Crippen LogP contribution < -0.4 is 5.32 Å². The molecule has 4 nitrogen and oxygen atoms in total. The Morgan fingerprint density at radius 1 is 1.14 bits per heavy atom. The lowest BCUT2D eigenvalue weighted by Gasteiger charge is -2.16. The first kappa shape index (κ1) is 15.1. The molecule has 3 rings (SSSR count). The zero-order valence-electron chi connectivity index (χ0n) is 13.3. The van der Waals surface area contributed by atoms with Gasteiger partial charge in [-0.05, 0) is 36.8 Å². The van der Waals surface area contributed by atoms with Crippen LogP contribution in [-0.4, -0.2) is 29.8 Å². The topological polar surface area (TPSA) is 49.4 Å². The third-order valence-electron chi connectivity index (χ3n) is 4.70. The molecule has 2 unspecified atom stereocenters. The second-order valence-electron chi connectivity index (χ2n) is 6.71. The van der Waals surface area contributed by atoms with Crippen LogP contribution in [-0.2, 0) is 9.59 Å². The highest BCUT2D eigenvalue weighted by Crippen LogP contribution is 2.41. The van der Waals surface area contributed by atoms with Crippen LogP contribution in [0.25, 0.3) is 0 Å². The minimum Gasteiger partial charge on any atom is -0.342 e. The lowest BCUT2D eigenvalue weighted by atomic mass is 10.0. The van der Waals surface area contributed by atoms with Crippen LogP contribution in [0, 0.1) is 11.8 Å². The number of carbonyl (C=O) groups excluding carboxylic acids is 2. The van der Waals surface area contributed by atoms with Crippen molar-refractivity contribution < 1.29 is 9.59 Å². The fourth-order valence-electron chi connectivity index (χ4n) is 3.27. The van der Waals surface area contributed by atoms with Crippen molar-refractivity contribution in [2.45, 2.75) is 39.0 Å². The van der Waals surface area contributed by atoms with Crippen molar-refractivity contribution in [1.29, 1.82) is 0 Å². The number of para-hydroxylation sites is 1. The van der Waals surface area contributed by atoms with Gasteiger partial charge in [-0.15, -0.1) is 0 Å². The minimum atomic E-state index is -0.145. The summed E-state index contributed by atoms with van der Waals surface area (Å²) in [4.78, 5) is 26.6. The molecular formula is C18H24N2O2. The van der Waals surface area contributed by atoms with Crippen molar-refractivity contribution in [2.24, 2.45) is 11.8 Å². The second kappa shape index (κ2) is 6.11. The highest BCUT2D eigenvalue weighted by atomic mass is 16.2. The maximum Gasteiger partial charge on any atom is 0.228 e. The Labute approximate surface area is 131 Å². The summed E-state index contributed by atoms with van der Waals surface area (Å²) in [5.74, 6) is 0.288. The summed E-state index contributed by atoms with van der Waals surface area (Å²) in [7, 11) is 0. The lowest BCUT2D eigenvalue weighted by Crippen LogP contribution is -2.30. The van der Waals surface area contributed by atoms with E-state index < -0.39 is 0 Å². The number of rotatable bonds is 4. The number of carbonyl (C=O) groups is 2. The van der Waals surface area contributed by atoms with Crippen molar-refractivity contribution in [3.63, 3.8) is 0 Å². The molecule has 2 amide bonds. The Balaban J connectivity index is 1.61. The smallest absolute Gasteiger partial charge is 0.228 e. The molecule has 1 saturated heterocycles. The summed E-state index contributed by atoms with van der Waals surface area (Å²) in [6.45, 7) is 5.95. The molecule has 1 N–H and O–H groups in total. The van der Waals surface area contributed by atoms with Gasteiger partial charge >= 0.3 is 0 Å².